The number of benzene rings is 1. The first-order chi connectivity index (χ1) is 9.47. The molecule has 0 amide bonds. The zero-order valence-corrected chi connectivity index (χ0v) is 13.6. The molecule has 3 N–H and O–H groups in total. The number of ether oxygens (including phenoxy) is 1. The molecule has 5 heteroatoms. The van der Waals surface area contributed by atoms with Crippen molar-refractivity contribution < 1.29 is 14.9 Å². The molecule has 0 spiro atoms. The summed E-state index contributed by atoms with van der Waals surface area (Å²) in [5, 5.41) is 22.5. The topological polar surface area (TPSA) is 61.7 Å². The molecule has 0 saturated heterocycles. The van der Waals surface area contributed by atoms with E-state index in [1.54, 1.807) is 0 Å². The molecule has 0 aliphatic carbocycles. The van der Waals surface area contributed by atoms with Crippen LogP contribution < -0.4 is 10.1 Å². The van der Waals surface area contributed by atoms with Gasteiger partial charge in [-0.2, -0.15) is 0 Å². The van der Waals surface area contributed by atoms with E-state index in [1.807, 2.05) is 24.3 Å². The second-order valence-electron chi connectivity index (χ2n) is 5.36. The van der Waals surface area contributed by atoms with Gasteiger partial charge in [-0.3, -0.25) is 0 Å². The molecule has 0 aliphatic heterocycles. The normalized spacial score (nSPS) is 14.3. The van der Waals surface area contributed by atoms with Crippen LogP contribution in [0.15, 0.2) is 28.7 Å². The van der Waals surface area contributed by atoms with Crippen molar-refractivity contribution in [2.75, 3.05) is 19.7 Å². The maximum absolute atomic E-state index is 9.78. The standard InChI is InChI=1S/C15H24BrNO3/c1-11(2)7-13(18)8-17-9-14(19)10-20-15-5-3-12(16)4-6-15/h3-6,11,13-14,17-19H,7-10H2,1-2H3. The Morgan fingerprint density at radius 2 is 1.70 bits per heavy atom. The molecule has 2 unspecified atom stereocenters. The Bertz CT molecular complexity index is 370. The first-order valence-electron chi connectivity index (χ1n) is 6.92. The summed E-state index contributed by atoms with van der Waals surface area (Å²) in [6.45, 7) is 5.28. The molecule has 0 heterocycles. The van der Waals surface area contributed by atoms with Crippen molar-refractivity contribution in [3.05, 3.63) is 28.7 Å². The van der Waals surface area contributed by atoms with E-state index < -0.39 is 6.10 Å². The van der Waals surface area contributed by atoms with Crippen LogP contribution >= 0.6 is 15.9 Å². The van der Waals surface area contributed by atoms with Crippen LogP contribution in [0.2, 0.25) is 0 Å². The lowest BCUT2D eigenvalue weighted by molar-refractivity contribution is 0.0966. The van der Waals surface area contributed by atoms with Crippen LogP contribution in [-0.2, 0) is 0 Å². The number of rotatable bonds is 9. The average molecular weight is 346 g/mol. The third-order valence-electron chi connectivity index (χ3n) is 2.76. The van der Waals surface area contributed by atoms with Gasteiger partial charge in [-0.05, 0) is 36.6 Å². The molecule has 1 rings (SSSR count). The van der Waals surface area contributed by atoms with Gasteiger partial charge in [0, 0.05) is 17.6 Å². The Morgan fingerprint density at radius 1 is 1.10 bits per heavy atom. The summed E-state index contributed by atoms with van der Waals surface area (Å²) in [4.78, 5) is 0. The molecule has 20 heavy (non-hydrogen) atoms. The summed E-state index contributed by atoms with van der Waals surface area (Å²) in [5.41, 5.74) is 0. The maximum atomic E-state index is 9.78. The number of nitrogens with one attached hydrogen (secondary N) is 1. The number of hydrogen-bond donors (Lipinski definition) is 3. The lowest BCUT2D eigenvalue weighted by Gasteiger charge is -2.16. The zero-order valence-electron chi connectivity index (χ0n) is 12.1. The fraction of sp³-hybridized carbons (Fsp3) is 0.600. The third-order valence-corrected chi connectivity index (χ3v) is 3.29. The molecule has 1 aromatic rings. The van der Waals surface area contributed by atoms with Crippen molar-refractivity contribution >= 4 is 15.9 Å². The van der Waals surface area contributed by atoms with Gasteiger partial charge in [-0.1, -0.05) is 29.8 Å². The second kappa shape index (κ2) is 9.34. The highest BCUT2D eigenvalue weighted by Crippen LogP contribution is 2.16. The van der Waals surface area contributed by atoms with Gasteiger partial charge in [-0.25, -0.2) is 0 Å². The van der Waals surface area contributed by atoms with Crippen LogP contribution in [-0.4, -0.2) is 42.1 Å². The van der Waals surface area contributed by atoms with Crippen molar-refractivity contribution in [1.82, 2.24) is 5.32 Å². The van der Waals surface area contributed by atoms with E-state index >= 15 is 0 Å². The second-order valence-corrected chi connectivity index (χ2v) is 6.28. The molecule has 0 fully saturated rings. The molecule has 2 atom stereocenters. The monoisotopic (exact) mass is 345 g/mol. The molecule has 1 aromatic carbocycles. The summed E-state index contributed by atoms with van der Waals surface area (Å²) in [6.07, 6.45) is -0.196. The van der Waals surface area contributed by atoms with Crippen molar-refractivity contribution in [3.8, 4) is 5.75 Å². The minimum Gasteiger partial charge on any atom is -0.491 e. The lowest BCUT2D eigenvalue weighted by Crippen LogP contribution is -2.36. The zero-order chi connectivity index (χ0) is 15.0. The van der Waals surface area contributed by atoms with Crippen molar-refractivity contribution in [2.45, 2.75) is 32.5 Å². The van der Waals surface area contributed by atoms with Crippen molar-refractivity contribution in [1.29, 1.82) is 0 Å². The van der Waals surface area contributed by atoms with Crippen molar-refractivity contribution in [3.63, 3.8) is 0 Å². The Kier molecular flexibility index (Phi) is 8.14. The SMILES string of the molecule is CC(C)CC(O)CNCC(O)COc1ccc(Br)cc1. The summed E-state index contributed by atoms with van der Waals surface area (Å²) >= 11 is 3.35. The number of halogens is 1. The van der Waals surface area contributed by atoms with Gasteiger partial charge in [0.25, 0.3) is 0 Å². The predicted octanol–water partition coefficient (Wildman–Crippen LogP) is 2.19. The fourth-order valence-electron chi connectivity index (χ4n) is 1.83. The molecule has 0 saturated carbocycles. The van der Waals surface area contributed by atoms with Crippen LogP contribution in [0.5, 0.6) is 5.75 Å². The number of aliphatic hydroxyl groups is 2. The van der Waals surface area contributed by atoms with Crippen molar-refractivity contribution in [2.24, 2.45) is 5.92 Å². The largest absolute Gasteiger partial charge is 0.491 e. The van der Waals surface area contributed by atoms with E-state index in [9.17, 15) is 10.2 Å². The quantitative estimate of drug-likeness (QED) is 0.642. The van der Waals surface area contributed by atoms with E-state index in [0.717, 1.165) is 16.6 Å². The highest BCUT2D eigenvalue weighted by atomic mass is 79.9. The molecule has 0 radical (unpaired) electrons. The fourth-order valence-corrected chi connectivity index (χ4v) is 2.09. The molecule has 0 aliphatic rings. The van der Waals surface area contributed by atoms with Crippen LogP contribution in [0.4, 0.5) is 0 Å². The summed E-state index contributed by atoms with van der Waals surface area (Å²) in [6, 6.07) is 7.47. The highest BCUT2D eigenvalue weighted by Gasteiger charge is 2.09. The Balaban J connectivity index is 2.14. The first kappa shape index (κ1) is 17.4. The van der Waals surface area contributed by atoms with Gasteiger partial charge >= 0.3 is 0 Å². The van der Waals surface area contributed by atoms with Crippen LogP contribution in [0, 0.1) is 5.92 Å². The van der Waals surface area contributed by atoms with Gasteiger partial charge in [0.2, 0.25) is 0 Å². The third kappa shape index (κ3) is 7.85. The molecule has 0 aromatic heterocycles. The average Bonchev–Trinajstić information content (AvgIpc) is 2.37. The Hall–Kier alpha value is -0.620. The smallest absolute Gasteiger partial charge is 0.119 e. The number of aliphatic hydroxyl groups excluding tert-OH is 2. The highest BCUT2D eigenvalue weighted by molar-refractivity contribution is 9.10. The Morgan fingerprint density at radius 3 is 2.30 bits per heavy atom. The van der Waals surface area contributed by atoms with E-state index in [2.05, 4.69) is 35.1 Å². The van der Waals surface area contributed by atoms with Gasteiger partial charge < -0.3 is 20.3 Å². The van der Waals surface area contributed by atoms with E-state index in [-0.39, 0.29) is 12.7 Å². The maximum Gasteiger partial charge on any atom is 0.119 e. The summed E-state index contributed by atoms with van der Waals surface area (Å²) in [5.74, 6) is 1.20. The van der Waals surface area contributed by atoms with Crippen LogP contribution in [0.25, 0.3) is 0 Å². The molecule has 4 nitrogen and oxygen atoms in total. The van der Waals surface area contributed by atoms with Crippen LogP contribution in [0.3, 0.4) is 0 Å². The van der Waals surface area contributed by atoms with Gasteiger partial charge in [-0.15, -0.1) is 0 Å². The van der Waals surface area contributed by atoms with E-state index in [1.165, 1.54) is 0 Å². The minimum absolute atomic E-state index is 0.231. The van der Waals surface area contributed by atoms with Gasteiger partial charge in [0.1, 0.15) is 18.5 Å². The minimum atomic E-state index is -0.593. The number of hydrogen-bond acceptors (Lipinski definition) is 4. The van der Waals surface area contributed by atoms with E-state index in [0.29, 0.717) is 19.0 Å². The molecular formula is C15H24BrNO3. The molecular weight excluding hydrogens is 322 g/mol. The first-order valence-corrected chi connectivity index (χ1v) is 7.72. The molecule has 114 valence electrons. The predicted molar refractivity (Wildman–Crippen MR) is 84.0 cm³/mol. The summed E-state index contributed by atoms with van der Waals surface area (Å²) in [7, 11) is 0. The molecule has 0 bridgehead atoms. The van der Waals surface area contributed by atoms with Gasteiger partial charge in [0.15, 0.2) is 0 Å². The summed E-state index contributed by atoms with van der Waals surface area (Å²) < 4.78 is 6.46. The van der Waals surface area contributed by atoms with Gasteiger partial charge in [0.05, 0.1) is 6.10 Å². The van der Waals surface area contributed by atoms with E-state index in [4.69, 9.17) is 4.74 Å². The Labute approximate surface area is 129 Å². The van der Waals surface area contributed by atoms with Crippen LogP contribution in [0.1, 0.15) is 20.3 Å². The lowest BCUT2D eigenvalue weighted by atomic mass is 10.1.